The number of piperidine rings is 1. The lowest BCUT2D eigenvalue weighted by atomic mass is 10.00. The molecular weight excluding hydrogens is 687 g/mol. The molecule has 1 saturated heterocycles. The van der Waals surface area contributed by atoms with Gasteiger partial charge in [-0.1, -0.05) is 23.2 Å². The van der Waals surface area contributed by atoms with Crippen LogP contribution in [-0.4, -0.2) is 93.7 Å². The molecule has 0 unspecified atom stereocenters. The first-order chi connectivity index (χ1) is 23.7. The number of hydrogen-bond acceptors (Lipinski definition) is 9. The van der Waals surface area contributed by atoms with Crippen LogP contribution in [0.25, 0.3) is 22.0 Å². The molecule has 2 N–H and O–H groups in total. The van der Waals surface area contributed by atoms with Crippen molar-refractivity contribution in [2.45, 2.75) is 45.3 Å². The molecule has 14 nitrogen and oxygen atoms in total. The standard InChI is InChI=1S/C34H40Cl2N8O6/c1-20(2)40-28-15-25-21(17-37-28)14-23(30-31(35)26(49-5)16-27(50-6)32(30)36)34(46)42(25)22-9-11-41(12-10-22)29(45)8-7-13-44(3,4)18-24-33(43(47)48)39-19-38-24/h7-8,14-17,19-20,22H,9-13,18H2,1-6H3,(H-,37,38,39,40,46)/p+1/b8-7+. The van der Waals surface area contributed by atoms with Gasteiger partial charge in [0.1, 0.15) is 23.9 Å². The number of quaternary nitrogens is 1. The molecule has 1 aliphatic heterocycles. The normalized spacial score (nSPS) is 14.1. The van der Waals surface area contributed by atoms with Gasteiger partial charge >= 0.3 is 5.82 Å². The van der Waals surface area contributed by atoms with E-state index in [0.29, 0.717) is 83.0 Å². The molecule has 4 aromatic rings. The number of anilines is 1. The number of imidazole rings is 1. The highest BCUT2D eigenvalue weighted by atomic mass is 35.5. The molecule has 3 aromatic heterocycles. The van der Waals surface area contributed by atoms with Crippen molar-refractivity contribution in [2.75, 3.05) is 53.3 Å². The van der Waals surface area contributed by atoms with Crippen LogP contribution >= 0.6 is 23.2 Å². The Balaban J connectivity index is 1.41. The Hall–Kier alpha value is -4.66. The number of amides is 1. The van der Waals surface area contributed by atoms with Gasteiger partial charge in [0.05, 0.1) is 56.0 Å². The number of aromatic nitrogens is 4. The van der Waals surface area contributed by atoms with Crippen LogP contribution in [0.4, 0.5) is 11.6 Å². The number of rotatable bonds is 12. The van der Waals surface area contributed by atoms with E-state index in [1.165, 1.54) is 26.6 Å². The van der Waals surface area contributed by atoms with Crippen molar-refractivity contribution in [2.24, 2.45) is 0 Å². The third-order valence-corrected chi connectivity index (χ3v) is 9.41. The molecule has 0 aliphatic carbocycles. The minimum absolute atomic E-state index is 0.122. The Kier molecular flexibility index (Phi) is 11.0. The monoisotopic (exact) mass is 727 g/mol. The summed E-state index contributed by atoms with van der Waals surface area (Å²) in [6.45, 7) is 5.65. The minimum atomic E-state index is -0.489. The zero-order valence-electron chi connectivity index (χ0n) is 28.8. The van der Waals surface area contributed by atoms with Crippen molar-refractivity contribution in [1.29, 1.82) is 0 Å². The van der Waals surface area contributed by atoms with E-state index in [1.807, 2.05) is 34.0 Å². The van der Waals surface area contributed by atoms with Crippen LogP contribution in [0.1, 0.15) is 38.4 Å². The third kappa shape index (κ3) is 7.72. The predicted molar refractivity (Wildman–Crippen MR) is 193 cm³/mol. The Morgan fingerprint density at radius 1 is 1.14 bits per heavy atom. The van der Waals surface area contributed by atoms with E-state index in [9.17, 15) is 19.7 Å². The molecule has 1 fully saturated rings. The first-order valence-corrected chi connectivity index (χ1v) is 16.9. The maximum Gasteiger partial charge on any atom is 0.349 e. The highest BCUT2D eigenvalue weighted by molar-refractivity contribution is 6.41. The first kappa shape index (κ1) is 36.6. The average Bonchev–Trinajstić information content (AvgIpc) is 3.53. The number of ether oxygens (including phenoxy) is 2. The summed E-state index contributed by atoms with van der Waals surface area (Å²) in [6, 6.07) is 5.06. The number of H-pyrrole nitrogens is 1. The predicted octanol–water partition coefficient (Wildman–Crippen LogP) is 5.84. The number of hydrogen-bond donors (Lipinski definition) is 2. The van der Waals surface area contributed by atoms with E-state index < -0.39 is 4.92 Å². The molecule has 0 spiro atoms. The van der Waals surface area contributed by atoms with Crippen molar-refractivity contribution < 1.29 is 23.7 Å². The van der Waals surface area contributed by atoms with E-state index in [1.54, 1.807) is 33.9 Å². The van der Waals surface area contributed by atoms with Crippen LogP contribution in [0, 0.1) is 10.1 Å². The Morgan fingerprint density at radius 3 is 2.40 bits per heavy atom. The van der Waals surface area contributed by atoms with Gasteiger partial charge in [-0.3, -0.25) is 9.59 Å². The maximum absolute atomic E-state index is 14.5. The summed E-state index contributed by atoms with van der Waals surface area (Å²) in [6.07, 6.45) is 7.40. The largest absolute Gasteiger partial charge is 0.495 e. The van der Waals surface area contributed by atoms with Crippen molar-refractivity contribution in [3.8, 4) is 22.6 Å². The van der Waals surface area contributed by atoms with E-state index in [4.69, 9.17) is 32.7 Å². The lowest BCUT2D eigenvalue weighted by Crippen LogP contribution is -2.41. The number of nitro groups is 1. The van der Waals surface area contributed by atoms with Crippen LogP contribution in [0.3, 0.4) is 0 Å². The third-order valence-electron chi connectivity index (χ3n) is 8.66. The molecule has 0 saturated carbocycles. The van der Waals surface area contributed by atoms with Gasteiger partial charge < -0.3 is 38.9 Å². The van der Waals surface area contributed by atoms with Gasteiger partial charge in [-0.15, -0.1) is 0 Å². The quantitative estimate of drug-likeness (QED) is 0.0792. The zero-order chi connectivity index (χ0) is 36.3. The topological polar surface area (TPSA) is 158 Å². The molecule has 0 atom stereocenters. The number of carbonyl (C=O) groups is 1. The highest BCUT2D eigenvalue weighted by Gasteiger charge is 2.29. The Bertz CT molecular complexity index is 1970. The summed E-state index contributed by atoms with van der Waals surface area (Å²) in [5, 5.41) is 15.7. The number of likely N-dealkylation sites (tertiary alicyclic amines) is 1. The highest BCUT2D eigenvalue weighted by Crippen LogP contribution is 2.45. The fraction of sp³-hybridized carbons (Fsp3) is 0.412. The van der Waals surface area contributed by atoms with Crippen LogP contribution in [0.5, 0.6) is 11.5 Å². The maximum atomic E-state index is 14.5. The van der Waals surface area contributed by atoms with Crippen molar-refractivity contribution in [3.05, 3.63) is 79.1 Å². The van der Waals surface area contributed by atoms with E-state index in [2.05, 4.69) is 20.3 Å². The summed E-state index contributed by atoms with van der Waals surface area (Å²) in [5.74, 6) is 0.985. The van der Waals surface area contributed by atoms with Crippen LogP contribution in [-0.2, 0) is 11.3 Å². The van der Waals surface area contributed by atoms with Crippen LogP contribution in [0.15, 0.2) is 47.7 Å². The number of halogens is 2. The number of methoxy groups -OCH3 is 2. The van der Waals surface area contributed by atoms with E-state index in [-0.39, 0.29) is 45.0 Å². The molecule has 1 aliphatic rings. The lowest BCUT2D eigenvalue weighted by molar-refractivity contribution is -0.898. The summed E-state index contributed by atoms with van der Waals surface area (Å²) in [5.41, 5.74) is 1.33. The molecule has 0 radical (unpaired) electrons. The van der Waals surface area contributed by atoms with E-state index in [0.717, 1.165) is 0 Å². The smallest absolute Gasteiger partial charge is 0.349 e. The fourth-order valence-electron chi connectivity index (χ4n) is 6.22. The first-order valence-electron chi connectivity index (χ1n) is 16.1. The second kappa shape index (κ2) is 15.1. The van der Waals surface area contributed by atoms with Gasteiger partial charge in [0, 0.05) is 60.5 Å². The molecule has 266 valence electrons. The van der Waals surface area contributed by atoms with Gasteiger partial charge in [-0.2, -0.15) is 0 Å². The number of likely N-dealkylation sites (N-methyl/N-ethyl adjacent to an activating group) is 1. The van der Waals surface area contributed by atoms with E-state index >= 15 is 0 Å². The Morgan fingerprint density at radius 2 is 1.80 bits per heavy atom. The number of benzene rings is 1. The summed E-state index contributed by atoms with van der Waals surface area (Å²) in [7, 11) is 6.77. The van der Waals surface area contributed by atoms with Gasteiger partial charge in [0.15, 0.2) is 12.0 Å². The summed E-state index contributed by atoms with van der Waals surface area (Å²) < 4.78 is 13.1. The summed E-state index contributed by atoms with van der Waals surface area (Å²) >= 11 is 13.6. The second-order valence-corrected chi connectivity index (χ2v) is 13.9. The van der Waals surface area contributed by atoms with Gasteiger partial charge in [-0.05, 0) is 43.8 Å². The van der Waals surface area contributed by atoms with Gasteiger partial charge in [0.25, 0.3) is 5.56 Å². The van der Waals surface area contributed by atoms with Gasteiger partial charge in [0.2, 0.25) is 5.91 Å². The Labute approximate surface area is 299 Å². The van der Waals surface area contributed by atoms with Crippen molar-refractivity contribution >= 4 is 51.6 Å². The van der Waals surface area contributed by atoms with Gasteiger partial charge in [-0.25, -0.2) is 15.0 Å². The van der Waals surface area contributed by atoms with Crippen molar-refractivity contribution in [3.63, 3.8) is 0 Å². The fourth-order valence-corrected chi connectivity index (χ4v) is 6.92. The molecule has 16 heteroatoms. The number of pyridine rings is 2. The SMILES string of the molecule is COc1cc(OC)c(Cl)c(-c2cc3cnc(NC(C)C)cc3n(C3CCN(C(=O)/C=C/C[N+](C)(C)Cc4nc[nH]c4[N+](=O)[O-])CC3)c2=O)c1Cl. The molecular formula is C34H41Cl2N8O6+. The molecule has 4 heterocycles. The summed E-state index contributed by atoms with van der Waals surface area (Å²) in [4.78, 5) is 51.5. The number of nitrogens with one attached hydrogen (secondary N) is 2. The zero-order valence-corrected chi connectivity index (χ0v) is 30.3. The number of nitrogens with zero attached hydrogens (tertiary/aromatic N) is 6. The minimum Gasteiger partial charge on any atom is -0.495 e. The van der Waals surface area contributed by atoms with Crippen LogP contribution < -0.4 is 20.3 Å². The molecule has 1 aromatic carbocycles. The molecule has 1 amide bonds. The lowest BCUT2D eigenvalue weighted by Gasteiger charge is -2.33. The average molecular weight is 729 g/mol. The molecule has 50 heavy (non-hydrogen) atoms. The van der Waals surface area contributed by atoms with Crippen molar-refractivity contribution in [1.82, 2.24) is 24.4 Å². The second-order valence-electron chi connectivity index (χ2n) is 13.1. The number of carbonyl (C=O) groups excluding carboxylic acids is 1. The molecule has 0 bridgehead atoms. The molecule has 5 rings (SSSR count). The number of fused-ring (bicyclic) bond motifs is 1. The van der Waals surface area contributed by atoms with Crippen LogP contribution in [0.2, 0.25) is 10.0 Å². The number of aromatic amines is 1.